The molecule has 3 saturated heterocycles. The fourth-order valence-electron chi connectivity index (χ4n) is 4.46. The normalized spacial score (nSPS) is 28.6. The lowest BCUT2D eigenvalue weighted by Gasteiger charge is -2.41. The van der Waals surface area contributed by atoms with Crippen molar-refractivity contribution in [2.24, 2.45) is 11.8 Å². The zero-order chi connectivity index (χ0) is 17.8. The van der Waals surface area contributed by atoms with E-state index in [1.165, 1.54) is 0 Å². The van der Waals surface area contributed by atoms with Gasteiger partial charge in [-0.15, -0.1) is 0 Å². The molecule has 0 radical (unpaired) electrons. The van der Waals surface area contributed by atoms with Gasteiger partial charge in [-0.25, -0.2) is 12.7 Å². The van der Waals surface area contributed by atoms with Crippen LogP contribution in [-0.2, 0) is 24.2 Å². The molecule has 0 aliphatic carbocycles. The molecule has 0 bridgehead atoms. The van der Waals surface area contributed by atoms with Crippen LogP contribution in [0.3, 0.4) is 0 Å². The van der Waals surface area contributed by atoms with Crippen molar-refractivity contribution in [2.45, 2.75) is 51.0 Å². The van der Waals surface area contributed by atoms with E-state index in [2.05, 4.69) is 0 Å². The number of piperidine rings is 1. The molecule has 0 amide bonds. The van der Waals surface area contributed by atoms with Crippen molar-refractivity contribution in [1.82, 2.24) is 4.31 Å². The van der Waals surface area contributed by atoms with Gasteiger partial charge in [0, 0.05) is 46.1 Å². The van der Waals surface area contributed by atoms with E-state index in [1.54, 1.807) is 11.2 Å². The zero-order valence-corrected chi connectivity index (χ0v) is 16.3. The van der Waals surface area contributed by atoms with Crippen LogP contribution in [0.15, 0.2) is 0 Å². The molecule has 146 valence electrons. The first-order chi connectivity index (χ1) is 12.1. The van der Waals surface area contributed by atoms with Crippen molar-refractivity contribution in [3.63, 3.8) is 0 Å². The highest BCUT2D eigenvalue weighted by atomic mass is 32.2. The minimum absolute atomic E-state index is 0.123. The first-order valence-electron chi connectivity index (χ1n) is 9.83. The molecule has 0 N–H and O–H groups in total. The number of hydrogen-bond donors (Lipinski definition) is 0. The molecular weight excluding hydrogens is 342 g/mol. The Bertz CT molecular complexity index is 510. The van der Waals surface area contributed by atoms with E-state index >= 15 is 0 Å². The Morgan fingerprint density at radius 2 is 1.84 bits per heavy atom. The van der Waals surface area contributed by atoms with Crippen molar-refractivity contribution in [2.75, 3.05) is 51.9 Å². The van der Waals surface area contributed by atoms with Crippen molar-refractivity contribution in [3.8, 4) is 0 Å². The van der Waals surface area contributed by atoms with Crippen LogP contribution in [0.1, 0.15) is 45.4 Å². The summed E-state index contributed by atoms with van der Waals surface area (Å²) in [5, 5.41) is 0. The van der Waals surface area contributed by atoms with Crippen LogP contribution in [-0.4, -0.2) is 70.2 Å². The van der Waals surface area contributed by atoms with Gasteiger partial charge in [-0.2, -0.15) is 0 Å². The highest BCUT2D eigenvalue weighted by molar-refractivity contribution is 7.89. The van der Waals surface area contributed by atoms with Gasteiger partial charge in [0.05, 0.1) is 11.4 Å². The molecule has 6 nitrogen and oxygen atoms in total. The molecule has 25 heavy (non-hydrogen) atoms. The van der Waals surface area contributed by atoms with Gasteiger partial charge < -0.3 is 14.2 Å². The van der Waals surface area contributed by atoms with E-state index in [0.717, 1.165) is 71.6 Å². The number of ether oxygens (including phenoxy) is 3. The average Bonchev–Trinajstić information content (AvgIpc) is 3.02. The summed E-state index contributed by atoms with van der Waals surface area (Å²) in [6.45, 7) is 7.05. The summed E-state index contributed by atoms with van der Waals surface area (Å²) in [6, 6.07) is 0. The minimum atomic E-state index is -3.08. The third-order valence-corrected chi connectivity index (χ3v) is 8.11. The average molecular weight is 376 g/mol. The van der Waals surface area contributed by atoms with Crippen LogP contribution in [0.4, 0.5) is 0 Å². The van der Waals surface area contributed by atoms with Crippen LogP contribution in [0, 0.1) is 11.8 Å². The molecule has 1 spiro atoms. The Morgan fingerprint density at radius 3 is 2.52 bits per heavy atom. The number of sulfonamides is 1. The smallest absolute Gasteiger partial charge is 0.213 e. The van der Waals surface area contributed by atoms with Gasteiger partial charge in [0.25, 0.3) is 0 Å². The zero-order valence-electron chi connectivity index (χ0n) is 15.5. The highest BCUT2D eigenvalue weighted by Crippen LogP contribution is 2.42. The van der Waals surface area contributed by atoms with E-state index in [-0.39, 0.29) is 11.4 Å². The minimum Gasteiger partial charge on any atom is -0.381 e. The molecule has 0 aromatic rings. The maximum atomic E-state index is 12.1. The predicted molar refractivity (Wildman–Crippen MR) is 96.0 cm³/mol. The van der Waals surface area contributed by atoms with Crippen molar-refractivity contribution >= 4 is 10.0 Å². The lowest BCUT2D eigenvalue weighted by Crippen LogP contribution is -2.49. The predicted octanol–water partition coefficient (Wildman–Crippen LogP) is 2.04. The lowest BCUT2D eigenvalue weighted by molar-refractivity contribution is -0.0629. The molecule has 3 fully saturated rings. The maximum absolute atomic E-state index is 12.1. The topological polar surface area (TPSA) is 65.1 Å². The molecule has 0 aromatic heterocycles. The molecule has 3 aliphatic heterocycles. The molecule has 3 heterocycles. The van der Waals surface area contributed by atoms with Crippen LogP contribution < -0.4 is 0 Å². The summed E-state index contributed by atoms with van der Waals surface area (Å²) in [4.78, 5) is 0. The second kappa shape index (κ2) is 8.65. The fourth-order valence-corrected chi connectivity index (χ4v) is 5.56. The monoisotopic (exact) mass is 375 g/mol. The molecule has 1 atom stereocenters. The Morgan fingerprint density at radius 1 is 1.12 bits per heavy atom. The van der Waals surface area contributed by atoms with Crippen molar-refractivity contribution in [1.29, 1.82) is 0 Å². The van der Waals surface area contributed by atoms with E-state index in [9.17, 15) is 8.42 Å². The lowest BCUT2D eigenvalue weighted by atomic mass is 9.78. The molecular formula is C18H33NO5S. The van der Waals surface area contributed by atoms with Gasteiger partial charge in [-0.05, 0) is 57.3 Å². The second-order valence-electron chi connectivity index (χ2n) is 7.62. The van der Waals surface area contributed by atoms with E-state index in [0.29, 0.717) is 24.9 Å². The summed E-state index contributed by atoms with van der Waals surface area (Å²) in [7, 11) is -3.08. The summed E-state index contributed by atoms with van der Waals surface area (Å²) in [5.41, 5.74) is -0.123. The van der Waals surface area contributed by atoms with Gasteiger partial charge in [-0.1, -0.05) is 0 Å². The summed E-state index contributed by atoms with van der Waals surface area (Å²) < 4.78 is 43.2. The first-order valence-corrected chi connectivity index (χ1v) is 11.4. The Labute approximate surface area is 152 Å². The fraction of sp³-hybridized carbons (Fsp3) is 1.00. The van der Waals surface area contributed by atoms with E-state index in [4.69, 9.17) is 14.2 Å². The molecule has 1 unspecified atom stereocenters. The van der Waals surface area contributed by atoms with Crippen LogP contribution in [0.2, 0.25) is 0 Å². The first kappa shape index (κ1) is 19.5. The Kier molecular flexibility index (Phi) is 6.77. The second-order valence-corrected chi connectivity index (χ2v) is 9.88. The third kappa shape index (κ3) is 4.75. The number of hydrogen-bond acceptors (Lipinski definition) is 5. The molecule has 3 aliphatic rings. The largest absolute Gasteiger partial charge is 0.381 e. The van der Waals surface area contributed by atoms with Gasteiger partial charge in [0.1, 0.15) is 0 Å². The molecule has 3 rings (SSSR count). The van der Waals surface area contributed by atoms with Gasteiger partial charge in [0.2, 0.25) is 10.0 Å². The van der Waals surface area contributed by atoms with Gasteiger partial charge >= 0.3 is 0 Å². The number of nitrogens with zero attached hydrogens (tertiary/aromatic N) is 1. The summed E-state index contributed by atoms with van der Waals surface area (Å²) in [6.07, 6.45) is 5.94. The van der Waals surface area contributed by atoms with Crippen LogP contribution in [0.25, 0.3) is 0 Å². The summed E-state index contributed by atoms with van der Waals surface area (Å²) in [5.74, 6) is 1.32. The Balaban J connectivity index is 1.43. The van der Waals surface area contributed by atoms with Crippen LogP contribution in [0.5, 0.6) is 0 Å². The van der Waals surface area contributed by atoms with Crippen molar-refractivity contribution in [3.05, 3.63) is 0 Å². The summed E-state index contributed by atoms with van der Waals surface area (Å²) >= 11 is 0. The van der Waals surface area contributed by atoms with Gasteiger partial charge in [-0.3, -0.25) is 0 Å². The third-order valence-electron chi connectivity index (χ3n) is 6.23. The highest BCUT2D eigenvalue weighted by Gasteiger charge is 2.47. The molecule has 0 saturated carbocycles. The maximum Gasteiger partial charge on any atom is 0.213 e. The quantitative estimate of drug-likeness (QED) is 0.637. The van der Waals surface area contributed by atoms with Crippen molar-refractivity contribution < 1.29 is 22.6 Å². The standard InChI is InChI=1S/C18H33NO5S/c1-2-25(20,21)19-9-7-18(8-10-19)17(6-14-24-18)5-13-23-15-16-3-11-22-12-4-16/h16-17H,2-15H2,1H3. The molecule has 0 aromatic carbocycles. The molecule has 7 heteroatoms. The Hall–Kier alpha value is -0.210. The van der Waals surface area contributed by atoms with E-state index in [1.807, 2.05) is 0 Å². The number of rotatable bonds is 7. The SMILES string of the molecule is CCS(=O)(=O)N1CCC2(CC1)OCCC2CCOCC1CCOCC1. The van der Waals surface area contributed by atoms with Crippen LogP contribution >= 0.6 is 0 Å². The van der Waals surface area contributed by atoms with E-state index < -0.39 is 10.0 Å². The van der Waals surface area contributed by atoms with Gasteiger partial charge in [0.15, 0.2) is 0 Å².